The van der Waals surface area contributed by atoms with Crippen molar-refractivity contribution in [3.05, 3.63) is 41.8 Å². The van der Waals surface area contributed by atoms with Crippen LogP contribution in [0, 0.1) is 11.7 Å². The number of rotatable bonds is 7. The lowest BCUT2D eigenvalue weighted by Gasteiger charge is -2.17. The lowest BCUT2D eigenvalue weighted by atomic mass is 10.0. The van der Waals surface area contributed by atoms with E-state index in [9.17, 15) is 4.39 Å². The Kier molecular flexibility index (Phi) is 5.76. The molecular formula is C15H20FN3OS. The van der Waals surface area contributed by atoms with Crippen LogP contribution in [0.15, 0.2) is 33.7 Å². The quantitative estimate of drug-likeness (QED) is 0.795. The zero-order valence-corrected chi connectivity index (χ0v) is 13.3. The summed E-state index contributed by atoms with van der Waals surface area (Å²) in [5.74, 6) is 2.10. The van der Waals surface area contributed by atoms with Crippen molar-refractivity contribution in [1.29, 1.82) is 0 Å². The minimum atomic E-state index is -0.234. The minimum Gasteiger partial charge on any atom is -0.339 e. The predicted octanol–water partition coefficient (Wildman–Crippen LogP) is 3.29. The molecule has 0 bridgehead atoms. The molecule has 1 aromatic carbocycles. The molecule has 4 nitrogen and oxygen atoms in total. The summed E-state index contributed by atoms with van der Waals surface area (Å²) in [7, 11) is 1.93. The monoisotopic (exact) mass is 309 g/mol. The number of nitrogens with zero attached hydrogens (tertiary/aromatic N) is 2. The number of aromatic nitrogens is 2. The van der Waals surface area contributed by atoms with Gasteiger partial charge in [-0.25, -0.2) is 4.39 Å². The predicted molar refractivity (Wildman–Crippen MR) is 81.6 cm³/mol. The van der Waals surface area contributed by atoms with E-state index < -0.39 is 0 Å². The SMILES string of the molecule is CNC(Cc1nc(CSc2cccc(F)c2)no1)C(C)C. The Morgan fingerprint density at radius 2 is 2.19 bits per heavy atom. The molecule has 0 saturated carbocycles. The molecule has 0 fully saturated rings. The zero-order chi connectivity index (χ0) is 15.2. The van der Waals surface area contributed by atoms with Gasteiger partial charge in [-0.15, -0.1) is 11.8 Å². The molecule has 21 heavy (non-hydrogen) atoms. The molecule has 2 rings (SSSR count). The standard InChI is InChI=1S/C15H20FN3OS/c1-10(2)13(17-3)8-15-18-14(19-20-15)9-21-12-6-4-5-11(16)7-12/h4-7,10,13,17H,8-9H2,1-3H3. The molecule has 0 aliphatic heterocycles. The van der Waals surface area contributed by atoms with E-state index >= 15 is 0 Å². The molecule has 0 amide bonds. The molecule has 2 aromatic rings. The van der Waals surface area contributed by atoms with Crippen molar-refractivity contribution >= 4 is 11.8 Å². The Labute approximate surface area is 128 Å². The second kappa shape index (κ2) is 7.56. The third-order valence-corrected chi connectivity index (χ3v) is 4.23. The van der Waals surface area contributed by atoms with Crippen LogP contribution in [0.5, 0.6) is 0 Å². The Bertz CT molecular complexity index is 574. The van der Waals surface area contributed by atoms with Gasteiger partial charge in [0.15, 0.2) is 5.82 Å². The van der Waals surface area contributed by atoms with E-state index in [1.807, 2.05) is 13.1 Å². The van der Waals surface area contributed by atoms with E-state index in [2.05, 4.69) is 29.3 Å². The second-order valence-corrected chi connectivity index (χ2v) is 6.24. The van der Waals surface area contributed by atoms with Crippen molar-refractivity contribution in [1.82, 2.24) is 15.5 Å². The van der Waals surface area contributed by atoms with Gasteiger partial charge >= 0.3 is 0 Å². The van der Waals surface area contributed by atoms with Gasteiger partial charge in [0.2, 0.25) is 5.89 Å². The van der Waals surface area contributed by atoms with Crippen LogP contribution in [0.4, 0.5) is 4.39 Å². The average Bonchev–Trinajstić information content (AvgIpc) is 2.90. The van der Waals surface area contributed by atoms with Crippen molar-refractivity contribution < 1.29 is 8.91 Å². The van der Waals surface area contributed by atoms with Gasteiger partial charge in [-0.3, -0.25) is 0 Å². The van der Waals surface area contributed by atoms with Crippen molar-refractivity contribution in [2.45, 2.75) is 37.0 Å². The fourth-order valence-corrected chi connectivity index (χ4v) is 2.78. The van der Waals surface area contributed by atoms with Crippen LogP contribution in [0.3, 0.4) is 0 Å². The highest BCUT2D eigenvalue weighted by Gasteiger charge is 2.16. The second-order valence-electron chi connectivity index (χ2n) is 5.19. The van der Waals surface area contributed by atoms with Crippen molar-refractivity contribution in [3.63, 3.8) is 0 Å². The first-order chi connectivity index (χ1) is 10.1. The van der Waals surface area contributed by atoms with Crippen LogP contribution >= 0.6 is 11.8 Å². The molecule has 0 saturated heterocycles. The normalized spacial score (nSPS) is 12.8. The largest absolute Gasteiger partial charge is 0.339 e. The molecule has 1 aromatic heterocycles. The summed E-state index contributed by atoms with van der Waals surface area (Å²) < 4.78 is 18.4. The van der Waals surface area contributed by atoms with E-state index in [-0.39, 0.29) is 5.82 Å². The molecule has 0 spiro atoms. The van der Waals surface area contributed by atoms with Gasteiger partial charge in [-0.2, -0.15) is 4.98 Å². The van der Waals surface area contributed by atoms with Gasteiger partial charge in [0.1, 0.15) is 5.82 Å². The van der Waals surface area contributed by atoms with Crippen LogP contribution in [-0.4, -0.2) is 23.2 Å². The van der Waals surface area contributed by atoms with E-state index in [0.29, 0.717) is 35.8 Å². The van der Waals surface area contributed by atoms with Crippen LogP contribution in [0.2, 0.25) is 0 Å². The Morgan fingerprint density at radius 3 is 2.86 bits per heavy atom. The molecule has 1 heterocycles. The number of halogens is 1. The highest BCUT2D eigenvalue weighted by molar-refractivity contribution is 7.98. The Balaban J connectivity index is 1.91. The molecule has 0 radical (unpaired) electrons. The van der Waals surface area contributed by atoms with Gasteiger partial charge in [0.25, 0.3) is 0 Å². The molecule has 1 unspecified atom stereocenters. The van der Waals surface area contributed by atoms with Gasteiger partial charge in [-0.1, -0.05) is 25.1 Å². The summed E-state index contributed by atoms with van der Waals surface area (Å²) in [6.45, 7) is 4.30. The lowest BCUT2D eigenvalue weighted by Crippen LogP contribution is -2.32. The van der Waals surface area contributed by atoms with E-state index in [1.165, 1.54) is 23.9 Å². The molecule has 1 N–H and O–H groups in total. The third-order valence-electron chi connectivity index (χ3n) is 3.24. The topological polar surface area (TPSA) is 51.0 Å². The van der Waals surface area contributed by atoms with Crippen LogP contribution in [0.25, 0.3) is 0 Å². The van der Waals surface area contributed by atoms with E-state index in [4.69, 9.17) is 4.52 Å². The Morgan fingerprint density at radius 1 is 1.38 bits per heavy atom. The molecule has 0 aliphatic rings. The number of nitrogens with one attached hydrogen (secondary N) is 1. The highest BCUT2D eigenvalue weighted by Crippen LogP contribution is 2.22. The number of hydrogen-bond acceptors (Lipinski definition) is 5. The number of thioether (sulfide) groups is 1. The number of likely N-dealkylation sites (N-methyl/N-ethyl adjacent to an activating group) is 1. The maximum absolute atomic E-state index is 13.1. The molecular weight excluding hydrogens is 289 g/mol. The summed E-state index contributed by atoms with van der Waals surface area (Å²) in [4.78, 5) is 5.24. The van der Waals surface area contributed by atoms with Gasteiger partial charge in [0, 0.05) is 17.4 Å². The molecule has 1 atom stereocenters. The van der Waals surface area contributed by atoms with Crippen molar-refractivity contribution in [3.8, 4) is 0 Å². The maximum Gasteiger partial charge on any atom is 0.228 e. The van der Waals surface area contributed by atoms with Gasteiger partial charge < -0.3 is 9.84 Å². The summed E-state index contributed by atoms with van der Waals surface area (Å²) in [6.07, 6.45) is 0.714. The van der Waals surface area contributed by atoms with E-state index in [1.54, 1.807) is 6.07 Å². The number of benzene rings is 1. The molecule has 0 aliphatic carbocycles. The smallest absolute Gasteiger partial charge is 0.228 e. The average molecular weight is 309 g/mol. The van der Waals surface area contributed by atoms with Gasteiger partial charge in [0.05, 0.1) is 5.75 Å². The first-order valence-electron chi connectivity index (χ1n) is 6.95. The molecule has 114 valence electrons. The van der Waals surface area contributed by atoms with Crippen LogP contribution in [-0.2, 0) is 12.2 Å². The summed E-state index contributed by atoms with van der Waals surface area (Å²) >= 11 is 1.49. The highest BCUT2D eigenvalue weighted by atomic mass is 32.2. The fraction of sp³-hybridized carbons (Fsp3) is 0.467. The van der Waals surface area contributed by atoms with E-state index in [0.717, 1.165) is 4.90 Å². The zero-order valence-electron chi connectivity index (χ0n) is 12.5. The fourth-order valence-electron chi connectivity index (χ4n) is 2.00. The number of hydrogen-bond donors (Lipinski definition) is 1. The minimum absolute atomic E-state index is 0.234. The van der Waals surface area contributed by atoms with Crippen LogP contribution in [0.1, 0.15) is 25.6 Å². The maximum atomic E-state index is 13.1. The summed E-state index contributed by atoms with van der Waals surface area (Å²) in [6, 6.07) is 6.81. The third kappa shape index (κ3) is 4.82. The molecule has 6 heteroatoms. The van der Waals surface area contributed by atoms with Crippen molar-refractivity contribution in [2.24, 2.45) is 5.92 Å². The first-order valence-corrected chi connectivity index (χ1v) is 7.94. The van der Waals surface area contributed by atoms with Crippen LogP contribution < -0.4 is 5.32 Å². The van der Waals surface area contributed by atoms with Gasteiger partial charge in [-0.05, 0) is 31.2 Å². The first kappa shape index (κ1) is 16.0. The Hall–Kier alpha value is -1.40. The van der Waals surface area contributed by atoms with Crippen molar-refractivity contribution in [2.75, 3.05) is 7.05 Å². The lowest BCUT2D eigenvalue weighted by molar-refractivity contribution is 0.333. The summed E-state index contributed by atoms with van der Waals surface area (Å²) in [5.41, 5.74) is 0. The summed E-state index contributed by atoms with van der Waals surface area (Å²) in [5, 5.41) is 7.22.